The highest BCUT2D eigenvalue weighted by Crippen LogP contribution is 2.11. The van der Waals surface area contributed by atoms with E-state index in [-0.39, 0.29) is 5.91 Å². The van der Waals surface area contributed by atoms with Crippen molar-refractivity contribution in [3.63, 3.8) is 0 Å². The third kappa shape index (κ3) is 4.50. The maximum atomic E-state index is 12.2. The first-order valence-electron chi connectivity index (χ1n) is 8.00. The van der Waals surface area contributed by atoms with Gasteiger partial charge in [0.05, 0.1) is 18.9 Å². The van der Waals surface area contributed by atoms with Crippen molar-refractivity contribution in [2.24, 2.45) is 5.10 Å². The molecule has 0 aliphatic carbocycles. The van der Waals surface area contributed by atoms with Gasteiger partial charge in [0.25, 0.3) is 5.91 Å². The first-order chi connectivity index (χ1) is 11.7. The molecule has 0 saturated carbocycles. The lowest BCUT2D eigenvalue weighted by Gasteiger charge is -2.26. The summed E-state index contributed by atoms with van der Waals surface area (Å²) in [7, 11) is 0. The minimum Gasteiger partial charge on any atom is -0.379 e. The Bertz CT molecular complexity index is 690. The Morgan fingerprint density at radius 3 is 2.67 bits per heavy atom. The number of hydrazone groups is 1. The summed E-state index contributed by atoms with van der Waals surface area (Å²) in [6.07, 6.45) is 0. The molecule has 1 aliphatic heterocycles. The van der Waals surface area contributed by atoms with Crippen molar-refractivity contribution in [3.8, 4) is 0 Å². The molecular formula is C18H21N3O2S. The SMILES string of the molecule is C/C(=N\NC(=O)c1ccc(CN2CCOCC2)cc1)c1cccs1. The number of hydrogen-bond acceptors (Lipinski definition) is 5. The van der Waals surface area contributed by atoms with Gasteiger partial charge in [-0.2, -0.15) is 5.10 Å². The number of morpholine rings is 1. The fraction of sp³-hybridized carbons (Fsp3) is 0.333. The Labute approximate surface area is 145 Å². The summed E-state index contributed by atoms with van der Waals surface area (Å²) < 4.78 is 5.35. The van der Waals surface area contributed by atoms with Crippen LogP contribution in [-0.2, 0) is 11.3 Å². The average molecular weight is 343 g/mol. The molecule has 1 aromatic heterocycles. The molecule has 1 fully saturated rings. The van der Waals surface area contributed by atoms with Crippen LogP contribution in [0.15, 0.2) is 46.9 Å². The summed E-state index contributed by atoms with van der Waals surface area (Å²) in [6, 6.07) is 11.6. The molecule has 5 nitrogen and oxygen atoms in total. The van der Waals surface area contributed by atoms with E-state index in [4.69, 9.17) is 4.74 Å². The van der Waals surface area contributed by atoms with Crippen molar-refractivity contribution in [1.82, 2.24) is 10.3 Å². The van der Waals surface area contributed by atoms with Crippen LogP contribution in [0.25, 0.3) is 0 Å². The Morgan fingerprint density at radius 2 is 2.00 bits per heavy atom. The van der Waals surface area contributed by atoms with Gasteiger partial charge >= 0.3 is 0 Å². The lowest BCUT2D eigenvalue weighted by atomic mass is 10.1. The number of amides is 1. The number of carbonyl (C=O) groups excluding carboxylic acids is 1. The predicted molar refractivity (Wildman–Crippen MR) is 96.5 cm³/mol. The number of ether oxygens (including phenoxy) is 1. The first kappa shape index (κ1) is 16.8. The smallest absolute Gasteiger partial charge is 0.271 e. The number of hydrogen-bond donors (Lipinski definition) is 1. The van der Waals surface area contributed by atoms with Crippen LogP contribution < -0.4 is 5.43 Å². The number of nitrogens with one attached hydrogen (secondary N) is 1. The Hall–Kier alpha value is -2.02. The Morgan fingerprint density at radius 1 is 1.25 bits per heavy atom. The van der Waals surface area contributed by atoms with E-state index in [9.17, 15) is 4.79 Å². The topological polar surface area (TPSA) is 53.9 Å². The van der Waals surface area contributed by atoms with Gasteiger partial charge in [-0.15, -0.1) is 11.3 Å². The van der Waals surface area contributed by atoms with E-state index in [1.165, 1.54) is 5.56 Å². The molecule has 1 aliphatic rings. The molecule has 1 saturated heterocycles. The predicted octanol–water partition coefficient (Wildman–Crippen LogP) is 2.73. The maximum Gasteiger partial charge on any atom is 0.271 e. The van der Waals surface area contributed by atoms with Gasteiger partial charge in [0.1, 0.15) is 0 Å². The van der Waals surface area contributed by atoms with Crippen molar-refractivity contribution in [1.29, 1.82) is 0 Å². The number of rotatable bonds is 5. The molecule has 2 aromatic rings. The molecule has 0 radical (unpaired) electrons. The number of carbonyl (C=O) groups is 1. The van der Waals surface area contributed by atoms with Crippen molar-refractivity contribution in [2.75, 3.05) is 26.3 Å². The second kappa shape index (κ2) is 8.19. The van der Waals surface area contributed by atoms with Crippen LogP contribution in [0.5, 0.6) is 0 Å². The molecule has 0 atom stereocenters. The van der Waals surface area contributed by atoms with Crippen molar-refractivity contribution in [3.05, 3.63) is 57.8 Å². The summed E-state index contributed by atoms with van der Waals surface area (Å²) in [5, 5.41) is 6.15. The van der Waals surface area contributed by atoms with Gasteiger partial charge in [0.15, 0.2) is 0 Å². The highest BCUT2D eigenvalue weighted by molar-refractivity contribution is 7.12. The monoisotopic (exact) mass is 343 g/mol. The van der Waals surface area contributed by atoms with Crippen LogP contribution in [0.3, 0.4) is 0 Å². The fourth-order valence-electron chi connectivity index (χ4n) is 2.52. The van der Waals surface area contributed by atoms with Crippen LogP contribution in [0.1, 0.15) is 27.7 Å². The molecule has 3 rings (SSSR count). The average Bonchev–Trinajstić information content (AvgIpc) is 3.16. The Balaban J connectivity index is 1.56. The number of nitrogens with zero attached hydrogens (tertiary/aromatic N) is 2. The largest absolute Gasteiger partial charge is 0.379 e. The van der Waals surface area contributed by atoms with Crippen molar-refractivity contribution < 1.29 is 9.53 Å². The summed E-state index contributed by atoms with van der Waals surface area (Å²) >= 11 is 1.60. The van der Waals surface area contributed by atoms with Crippen molar-refractivity contribution >= 4 is 23.0 Å². The molecule has 0 bridgehead atoms. The van der Waals surface area contributed by atoms with Gasteiger partial charge in [0.2, 0.25) is 0 Å². The van der Waals surface area contributed by atoms with Crippen LogP contribution >= 0.6 is 11.3 Å². The van der Waals surface area contributed by atoms with E-state index >= 15 is 0 Å². The van der Waals surface area contributed by atoms with Gasteiger partial charge in [0, 0.05) is 30.1 Å². The highest BCUT2D eigenvalue weighted by Gasteiger charge is 2.11. The molecule has 6 heteroatoms. The minimum absolute atomic E-state index is 0.191. The minimum atomic E-state index is -0.191. The first-order valence-corrected chi connectivity index (χ1v) is 8.88. The summed E-state index contributed by atoms with van der Waals surface area (Å²) in [5.74, 6) is -0.191. The van der Waals surface area contributed by atoms with Crippen molar-refractivity contribution in [2.45, 2.75) is 13.5 Å². The van der Waals surface area contributed by atoms with E-state index in [1.54, 1.807) is 11.3 Å². The fourth-order valence-corrected chi connectivity index (χ4v) is 3.19. The standard InChI is InChI=1S/C18H21N3O2S/c1-14(17-3-2-12-24-17)19-20-18(22)16-6-4-15(5-7-16)13-21-8-10-23-11-9-21/h2-7,12H,8-11,13H2,1H3,(H,20,22)/b19-14+. The molecule has 0 spiro atoms. The second-order valence-electron chi connectivity index (χ2n) is 5.70. The lowest BCUT2D eigenvalue weighted by molar-refractivity contribution is 0.0342. The molecule has 24 heavy (non-hydrogen) atoms. The number of benzene rings is 1. The normalized spacial score (nSPS) is 16.1. The van der Waals surface area contributed by atoms with E-state index < -0.39 is 0 Å². The molecule has 1 amide bonds. The molecule has 2 heterocycles. The molecule has 1 N–H and O–H groups in total. The zero-order valence-electron chi connectivity index (χ0n) is 13.7. The van der Waals surface area contributed by atoms with Crippen LogP contribution in [0.2, 0.25) is 0 Å². The molecule has 126 valence electrons. The molecule has 1 aromatic carbocycles. The highest BCUT2D eigenvalue weighted by atomic mass is 32.1. The van der Waals surface area contributed by atoms with Crippen LogP contribution in [0.4, 0.5) is 0 Å². The van der Waals surface area contributed by atoms with Crippen LogP contribution in [0, 0.1) is 0 Å². The summed E-state index contributed by atoms with van der Waals surface area (Å²) in [6.45, 7) is 6.28. The quantitative estimate of drug-likeness (QED) is 0.671. The summed E-state index contributed by atoms with van der Waals surface area (Å²) in [5.41, 5.74) is 5.24. The van der Waals surface area contributed by atoms with Gasteiger partial charge < -0.3 is 4.74 Å². The number of thiophene rings is 1. The lowest BCUT2D eigenvalue weighted by Crippen LogP contribution is -2.35. The van der Waals surface area contributed by atoms with Gasteiger partial charge in [-0.05, 0) is 36.1 Å². The van der Waals surface area contributed by atoms with Gasteiger partial charge in [-0.3, -0.25) is 9.69 Å². The third-order valence-electron chi connectivity index (χ3n) is 3.93. The van der Waals surface area contributed by atoms with Gasteiger partial charge in [-0.1, -0.05) is 18.2 Å². The van der Waals surface area contributed by atoms with Gasteiger partial charge in [-0.25, -0.2) is 5.43 Å². The zero-order valence-corrected chi connectivity index (χ0v) is 14.5. The second-order valence-corrected chi connectivity index (χ2v) is 6.65. The third-order valence-corrected chi connectivity index (χ3v) is 4.91. The van der Waals surface area contributed by atoms with E-state index in [1.807, 2.05) is 48.7 Å². The van der Waals surface area contributed by atoms with E-state index in [0.717, 1.165) is 43.4 Å². The van der Waals surface area contributed by atoms with Crippen LogP contribution in [-0.4, -0.2) is 42.8 Å². The molecular weight excluding hydrogens is 322 g/mol. The zero-order chi connectivity index (χ0) is 16.8. The molecule has 0 unspecified atom stereocenters. The maximum absolute atomic E-state index is 12.2. The Kier molecular flexibility index (Phi) is 5.74. The summed E-state index contributed by atoms with van der Waals surface area (Å²) in [4.78, 5) is 15.6. The van der Waals surface area contributed by atoms with E-state index in [2.05, 4.69) is 15.4 Å². The van der Waals surface area contributed by atoms with E-state index in [0.29, 0.717) is 5.56 Å².